The van der Waals surface area contributed by atoms with E-state index in [-0.39, 0.29) is 0 Å². The fraction of sp³-hybridized carbons (Fsp3) is 0.455. The largest absolute Gasteiger partial charge is 0.399 e. The molecule has 82 valence electrons. The zero-order valence-corrected chi connectivity index (χ0v) is 9.50. The van der Waals surface area contributed by atoms with Crippen molar-refractivity contribution >= 4 is 23.0 Å². The maximum atomic E-state index is 5.98. The Morgan fingerprint density at radius 3 is 2.93 bits per heavy atom. The fourth-order valence-electron chi connectivity index (χ4n) is 1.87. The number of halogens is 1. The van der Waals surface area contributed by atoms with Crippen LogP contribution in [0.15, 0.2) is 18.2 Å². The minimum absolute atomic E-state index is 0.372. The Labute approximate surface area is 94.8 Å². The van der Waals surface area contributed by atoms with Crippen LogP contribution in [0.5, 0.6) is 0 Å². The summed E-state index contributed by atoms with van der Waals surface area (Å²) in [5, 5.41) is 0.684. The molecule has 0 saturated carbocycles. The Balaban J connectivity index is 2.27. The molecule has 1 aromatic rings. The van der Waals surface area contributed by atoms with Crippen LogP contribution in [0.1, 0.15) is 6.92 Å². The molecule has 1 heterocycles. The number of nitrogen functional groups attached to an aromatic ring is 1. The molecule has 0 bridgehead atoms. The van der Waals surface area contributed by atoms with E-state index in [4.69, 9.17) is 22.1 Å². The number of ether oxygens (including phenoxy) is 1. The lowest BCUT2D eigenvalue weighted by molar-refractivity contribution is 0.0989. The van der Waals surface area contributed by atoms with Crippen molar-refractivity contribution in [2.75, 3.05) is 30.4 Å². The zero-order valence-electron chi connectivity index (χ0n) is 8.74. The van der Waals surface area contributed by atoms with Crippen LogP contribution in [-0.4, -0.2) is 25.8 Å². The summed E-state index contributed by atoms with van der Waals surface area (Å²) in [6.45, 7) is 4.54. The third-order valence-electron chi connectivity index (χ3n) is 2.60. The average Bonchev–Trinajstić information content (AvgIpc) is 2.16. The topological polar surface area (TPSA) is 38.5 Å². The van der Waals surface area contributed by atoms with E-state index in [9.17, 15) is 0 Å². The van der Waals surface area contributed by atoms with Crippen LogP contribution in [0.4, 0.5) is 11.4 Å². The summed E-state index contributed by atoms with van der Waals surface area (Å²) < 4.78 is 5.39. The summed E-state index contributed by atoms with van der Waals surface area (Å²) >= 11 is 5.98. The minimum atomic E-state index is 0.372. The van der Waals surface area contributed by atoms with E-state index >= 15 is 0 Å². The molecule has 1 atom stereocenters. The lowest BCUT2D eigenvalue weighted by Gasteiger charge is -2.35. The second kappa shape index (κ2) is 4.29. The van der Waals surface area contributed by atoms with Crippen molar-refractivity contribution in [3.8, 4) is 0 Å². The molecule has 0 radical (unpaired) electrons. The van der Waals surface area contributed by atoms with Gasteiger partial charge < -0.3 is 15.4 Å². The Bertz CT molecular complexity index is 336. The second-order valence-corrected chi connectivity index (χ2v) is 4.30. The van der Waals surface area contributed by atoms with Crippen LogP contribution in [0.2, 0.25) is 5.02 Å². The first-order valence-electron chi connectivity index (χ1n) is 5.07. The van der Waals surface area contributed by atoms with Crippen molar-refractivity contribution in [2.45, 2.75) is 13.0 Å². The molecular weight excluding hydrogens is 212 g/mol. The van der Waals surface area contributed by atoms with Crippen LogP contribution in [0.25, 0.3) is 0 Å². The van der Waals surface area contributed by atoms with Crippen LogP contribution in [0.3, 0.4) is 0 Å². The molecule has 3 nitrogen and oxygen atoms in total. The Morgan fingerprint density at radius 2 is 2.27 bits per heavy atom. The molecule has 1 unspecified atom stereocenters. The van der Waals surface area contributed by atoms with Gasteiger partial charge in [-0.15, -0.1) is 0 Å². The van der Waals surface area contributed by atoms with Crippen LogP contribution in [0, 0.1) is 0 Å². The number of nitrogens with two attached hydrogens (primary N) is 1. The molecule has 0 aromatic heterocycles. The molecule has 1 aromatic carbocycles. The molecule has 4 heteroatoms. The molecule has 2 N–H and O–H groups in total. The van der Waals surface area contributed by atoms with Crippen molar-refractivity contribution in [1.29, 1.82) is 0 Å². The van der Waals surface area contributed by atoms with E-state index in [1.54, 1.807) is 6.07 Å². The van der Waals surface area contributed by atoms with Crippen molar-refractivity contribution < 1.29 is 4.74 Å². The highest BCUT2D eigenvalue weighted by molar-refractivity contribution is 6.31. The van der Waals surface area contributed by atoms with Gasteiger partial charge >= 0.3 is 0 Å². The quantitative estimate of drug-likeness (QED) is 0.746. The van der Waals surface area contributed by atoms with Gasteiger partial charge in [-0.05, 0) is 25.1 Å². The Kier molecular flexibility index (Phi) is 3.03. The predicted octanol–water partition coefficient (Wildman–Crippen LogP) is 2.15. The van der Waals surface area contributed by atoms with E-state index in [1.807, 2.05) is 12.1 Å². The zero-order chi connectivity index (χ0) is 10.8. The van der Waals surface area contributed by atoms with E-state index in [2.05, 4.69) is 11.8 Å². The predicted molar refractivity (Wildman–Crippen MR) is 63.5 cm³/mol. The smallest absolute Gasteiger partial charge is 0.0668 e. The van der Waals surface area contributed by atoms with Gasteiger partial charge in [0.05, 0.1) is 13.2 Å². The third kappa shape index (κ3) is 2.36. The fourth-order valence-corrected chi connectivity index (χ4v) is 2.11. The van der Waals surface area contributed by atoms with Crippen molar-refractivity contribution in [3.63, 3.8) is 0 Å². The van der Waals surface area contributed by atoms with Gasteiger partial charge in [0.1, 0.15) is 0 Å². The van der Waals surface area contributed by atoms with Gasteiger partial charge in [-0.25, -0.2) is 0 Å². The molecule has 2 rings (SSSR count). The number of benzene rings is 1. The minimum Gasteiger partial charge on any atom is -0.399 e. The average molecular weight is 227 g/mol. The maximum Gasteiger partial charge on any atom is 0.0668 e. The van der Waals surface area contributed by atoms with Gasteiger partial charge in [-0.3, -0.25) is 0 Å². The molecule has 1 fully saturated rings. The number of hydrogen-bond donors (Lipinski definition) is 1. The van der Waals surface area contributed by atoms with Gasteiger partial charge in [0.25, 0.3) is 0 Å². The van der Waals surface area contributed by atoms with Gasteiger partial charge in [-0.1, -0.05) is 11.6 Å². The van der Waals surface area contributed by atoms with Gasteiger partial charge in [0.2, 0.25) is 0 Å². The number of morpholine rings is 1. The Hall–Kier alpha value is -0.930. The number of nitrogens with zero attached hydrogens (tertiary/aromatic N) is 1. The molecule has 15 heavy (non-hydrogen) atoms. The van der Waals surface area contributed by atoms with E-state index in [0.29, 0.717) is 16.8 Å². The summed E-state index contributed by atoms with van der Waals surface area (Å²) in [5.41, 5.74) is 7.55. The number of hydrogen-bond acceptors (Lipinski definition) is 3. The number of anilines is 2. The number of rotatable bonds is 1. The standard InChI is InChI=1S/C11H15ClN2O/c1-8-7-15-3-2-14(8)11-5-9(12)4-10(13)6-11/h4-6,8H,2-3,7,13H2,1H3. The highest BCUT2D eigenvalue weighted by Gasteiger charge is 2.19. The van der Waals surface area contributed by atoms with Crippen molar-refractivity contribution in [2.24, 2.45) is 0 Å². The van der Waals surface area contributed by atoms with Gasteiger partial charge in [-0.2, -0.15) is 0 Å². The normalized spacial score (nSPS) is 21.7. The van der Waals surface area contributed by atoms with Crippen LogP contribution >= 0.6 is 11.6 Å². The third-order valence-corrected chi connectivity index (χ3v) is 2.82. The van der Waals surface area contributed by atoms with Crippen LogP contribution < -0.4 is 10.6 Å². The second-order valence-electron chi connectivity index (χ2n) is 3.86. The lowest BCUT2D eigenvalue weighted by atomic mass is 10.2. The maximum absolute atomic E-state index is 5.98. The molecule has 0 spiro atoms. The SMILES string of the molecule is CC1COCCN1c1cc(N)cc(Cl)c1. The highest BCUT2D eigenvalue weighted by Crippen LogP contribution is 2.26. The van der Waals surface area contributed by atoms with E-state index < -0.39 is 0 Å². The van der Waals surface area contributed by atoms with Crippen LogP contribution in [-0.2, 0) is 4.74 Å². The molecular formula is C11H15ClN2O. The highest BCUT2D eigenvalue weighted by atomic mass is 35.5. The van der Waals surface area contributed by atoms with Gasteiger partial charge in [0, 0.05) is 29.0 Å². The lowest BCUT2D eigenvalue weighted by Crippen LogP contribution is -2.43. The first kappa shape index (κ1) is 10.6. The summed E-state index contributed by atoms with van der Waals surface area (Å²) in [6.07, 6.45) is 0. The summed E-state index contributed by atoms with van der Waals surface area (Å²) in [5.74, 6) is 0. The first-order chi connectivity index (χ1) is 7.16. The van der Waals surface area contributed by atoms with E-state index in [0.717, 1.165) is 25.4 Å². The van der Waals surface area contributed by atoms with Crippen molar-refractivity contribution in [1.82, 2.24) is 0 Å². The Morgan fingerprint density at radius 1 is 1.47 bits per heavy atom. The summed E-state index contributed by atoms with van der Waals surface area (Å²) in [6, 6.07) is 6.03. The molecule has 0 aliphatic carbocycles. The monoisotopic (exact) mass is 226 g/mol. The molecule has 1 aliphatic rings. The van der Waals surface area contributed by atoms with Crippen molar-refractivity contribution in [3.05, 3.63) is 23.2 Å². The van der Waals surface area contributed by atoms with Gasteiger partial charge in [0.15, 0.2) is 0 Å². The summed E-state index contributed by atoms with van der Waals surface area (Å²) in [7, 11) is 0. The molecule has 1 aliphatic heterocycles. The summed E-state index contributed by atoms with van der Waals surface area (Å²) in [4.78, 5) is 2.27. The first-order valence-corrected chi connectivity index (χ1v) is 5.45. The molecule has 0 amide bonds. The molecule has 1 saturated heterocycles. The van der Waals surface area contributed by atoms with E-state index in [1.165, 1.54) is 0 Å².